The Labute approximate surface area is 201 Å². The first-order chi connectivity index (χ1) is 16.1. The fourth-order valence-electron chi connectivity index (χ4n) is 4.09. The molecule has 3 aromatic heterocycles. The van der Waals surface area contributed by atoms with Crippen molar-refractivity contribution in [3.63, 3.8) is 0 Å². The van der Waals surface area contributed by atoms with Crippen LogP contribution in [-0.2, 0) is 19.4 Å². The van der Waals surface area contributed by atoms with Crippen molar-refractivity contribution in [3.8, 4) is 11.3 Å². The van der Waals surface area contributed by atoms with Gasteiger partial charge in [-0.25, -0.2) is 4.99 Å². The first kappa shape index (κ1) is 21.7. The molecule has 0 fully saturated rings. The minimum atomic E-state index is -0.118. The van der Waals surface area contributed by atoms with Crippen LogP contribution in [0.25, 0.3) is 11.3 Å². The van der Waals surface area contributed by atoms with Gasteiger partial charge in [0.25, 0.3) is 5.91 Å². The second-order valence-corrected chi connectivity index (χ2v) is 9.59. The van der Waals surface area contributed by atoms with Crippen LogP contribution in [0, 0.1) is 6.92 Å². The second kappa shape index (κ2) is 9.41. The van der Waals surface area contributed by atoms with Gasteiger partial charge in [-0.05, 0) is 80.1 Å². The zero-order valence-electron chi connectivity index (χ0n) is 18.2. The molecule has 1 aliphatic carbocycles. The third kappa shape index (κ3) is 4.68. The number of carbonyl (C=O) groups is 1. The summed E-state index contributed by atoms with van der Waals surface area (Å²) in [6.45, 7) is 2.37. The molecule has 1 aromatic carbocycles. The summed E-state index contributed by atoms with van der Waals surface area (Å²) in [5, 5.41) is 4.36. The van der Waals surface area contributed by atoms with E-state index in [4.69, 9.17) is 20.4 Å². The van der Waals surface area contributed by atoms with E-state index in [-0.39, 0.29) is 5.91 Å². The second-order valence-electron chi connectivity index (χ2n) is 8.07. The Hall–Kier alpha value is -3.09. The molecule has 0 unspecified atom stereocenters. The number of hydrogen-bond donors (Lipinski definition) is 1. The third-order valence-corrected chi connectivity index (χ3v) is 7.22. The first-order valence-electron chi connectivity index (χ1n) is 10.9. The lowest BCUT2D eigenvalue weighted by atomic mass is 9.95. The fourth-order valence-corrected chi connectivity index (χ4v) is 5.50. The number of halogens is 1. The molecule has 5 nitrogen and oxygen atoms in total. The summed E-state index contributed by atoms with van der Waals surface area (Å²) < 4.78 is 11.4. The van der Waals surface area contributed by atoms with Gasteiger partial charge in [0, 0.05) is 15.5 Å². The van der Waals surface area contributed by atoms with Gasteiger partial charge >= 0.3 is 0 Å². The molecule has 33 heavy (non-hydrogen) atoms. The van der Waals surface area contributed by atoms with E-state index in [0.29, 0.717) is 22.9 Å². The Morgan fingerprint density at radius 3 is 2.94 bits per heavy atom. The van der Waals surface area contributed by atoms with Crippen molar-refractivity contribution in [3.05, 3.63) is 86.8 Å². The number of rotatable bonds is 6. The van der Waals surface area contributed by atoms with Crippen LogP contribution >= 0.6 is 22.9 Å². The molecule has 0 spiro atoms. The summed E-state index contributed by atoms with van der Waals surface area (Å²) in [5.41, 5.74) is 3.84. The molecular formula is C26H23ClN2O3S. The van der Waals surface area contributed by atoms with Crippen LogP contribution in [0.3, 0.4) is 0 Å². The summed E-state index contributed by atoms with van der Waals surface area (Å²) in [6.07, 6.45) is 7.42. The lowest BCUT2D eigenvalue weighted by Gasteiger charge is -2.12. The molecule has 3 heterocycles. The van der Waals surface area contributed by atoms with E-state index < -0.39 is 0 Å². The largest absolute Gasteiger partial charge is 0.467 e. The van der Waals surface area contributed by atoms with E-state index in [1.165, 1.54) is 4.88 Å². The normalized spacial score (nSPS) is 13.4. The summed E-state index contributed by atoms with van der Waals surface area (Å²) in [5.74, 6) is 1.96. The van der Waals surface area contributed by atoms with Crippen molar-refractivity contribution in [2.45, 2.75) is 39.2 Å². The number of carbonyl (C=O) groups excluding carboxylic acids is 1. The maximum Gasteiger partial charge on any atom is 0.255 e. The van der Waals surface area contributed by atoms with Crippen molar-refractivity contribution in [1.82, 2.24) is 5.32 Å². The smallest absolute Gasteiger partial charge is 0.255 e. The molecule has 1 N–H and O–H groups in total. The number of fused-ring (bicyclic) bond motifs is 1. The quantitative estimate of drug-likeness (QED) is 0.300. The van der Waals surface area contributed by atoms with Gasteiger partial charge in [-0.1, -0.05) is 17.7 Å². The molecule has 0 saturated heterocycles. The van der Waals surface area contributed by atoms with E-state index in [1.54, 1.807) is 23.8 Å². The highest BCUT2D eigenvalue weighted by molar-refractivity contribution is 7.16. The summed E-state index contributed by atoms with van der Waals surface area (Å²) in [7, 11) is 0. The fraction of sp³-hybridized carbons (Fsp3) is 0.231. The van der Waals surface area contributed by atoms with Crippen molar-refractivity contribution in [1.29, 1.82) is 0 Å². The minimum Gasteiger partial charge on any atom is -0.467 e. The number of aryl methyl sites for hydroxylation is 2. The van der Waals surface area contributed by atoms with Crippen LogP contribution in [-0.4, -0.2) is 12.1 Å². The number of nitrogens with zero attached hydrogens (tertiary/aromatic N) is 1. The molecule has 168 valence electrons. The molecule has 0 atom stereocenters. The van der Waals surface area contributed by atoms with Gasteiger partial charge < -0.3 is 14.2 Å². The number of furan rings is 2. The summed E-state index contributed by atoms with van der Waals surface area (Å²) in [4.78, 5) is 19.0. The molecule has 0 bridgehead atoms. The van der Waals surface area contributed by atoms with Gasteiger partial charge in [0.05, 0.1) is 24.6 Å². The van der Waals surface area contributed by atoms with Gasteiger partial charge in [0.2, 0.25) is 0 Å². The highest BCUT2D eigenvalue weighted by Crippen LogP contribution is 2.40. The predicted octanol–water partition coefficient (Wildman–Crippen LogP) is 7.12. The molecule has 1 aliphatic rings. The monoisotopic (exact) mass is 478 g/mol. The van der Waals surface area contributed by atoms with Crippen LogP contribution in [0.2, 0.25) is 5.02 Å². The number of aliphatic imine (C=N–C) groups is 1. The Morgan fingerprint density at radius 2 is 2.09 bits per heavy atom. The van der Waals surface area contributed by atoms with Gasteiger partial charge in [-0.2, -0.15) is 0 Å². The van der Waals surface area contributed by atoms with Gasteiger partial charge in [0.1, 0.15) is 22.3 Å². The lowest BCUT2D eigenvalue weighted by molar-refractivity contribution is 0.0948. The molecule has 7 heteroatoms. The maximum absolute atomic E-state index is 13.1. The Kier molecular flexibility index (Phi) is 6.20. The average Bonchev–Trinajstić information content (AvgIpc) is 3.57. The van der Waals surface area contributed by atoms with Crippen molar-refractivity contribution in [2.75, 3.05) is 0 Å². The van der Waals surface area contributed by atoms with Crippen molar-refractivity contribution < 1.29 is 13.6 Å². The molecular weight excluding hydrogens is 456 g/mol. The predicted molar refractivity (Wildman–Crippen MR) is 132 cm³/mol. The van der Waals surface area contributed by atoms with Crippen LogP contribution < -0.4 is 5.32 Å². The summed E-state index contributed by atoms with van der Waals surface area (Å²) in [6, 6.07) is 13.2. The molecule has 5 rings (SSSR count). The molecule has 1 amide bonds. The average molecular weight is 479 g/mol. The van der Waals surface area contributed by atoms with Crippen molar-refractivity contribution in [2.24, 2.45) is 4.99 Å². The minimum absolute atomic E-state index is 0.118. The van der Waals surface area contributed by atoms with E-state index in [9.17, 15) is 4.79 Å². The van der Waals surface area contributed by atoms with E-state index >= 15 is 0 Å². The zero-order valence-corrected chi connectivity index (χ0v) is 19.8. The van der Waals surface area contributed by atoms with Crippen LogP contribution in [0.15, 0.2) is 62.6 Å². The number of amides is 1. The molecule has 0 aliphatic heterocycles. The Balaban J connectivity index is 1.41. The highest BCUT2D eigenvalue weighted by atomic mass is 35.5. The van der Waals surface area contributed by atoms with Gasteiger partial charge in [0.15, 0.2) is 0 Å². The number of hydrogen-bond acceptors (Lipinski definition) is 5. The maximum atomic E-state index is 13.1. The van der Waals surface area contributed by atoms with E-state index in [0.717, 1.165) is 58.9 Å². The van der Waals surface area contributed by atoms with Gasteiger partial charge in [-0.3, -0.25) is 4.79 Å². The van der Waals surface area contributed by atoms with Gasteiger partial charge in [-0.15, -0.1) is 11.3 Å². The molecule has 0 saturated carbocycles. The lowest BCUT2D eigenvalue weighted by Crippen LogP contribution is -2.23. The SMILES string of the molecule is Cc1ccc(Cl)cc1-c1ccc(/C=N\c2sc3c(c2C(=O)NCc2ccco2)CCCC3)o1. The Morgan fingerprint density at radius 1 is 1.21 bits per heavy atom. The molecule has 4 aromatic rings. The highest BCUT2D eigenvalue weighted by Gasteiger charge is 2.25. The Bertz CT molecular complexity index is 1320. The van der Waals surface area contributed by atoms with Crippen molar-refractivity contribution >= 4 is 40.1 Å². The molecule has 0 radical (unpaired) electrons. The number of thiophene rings is 1. The van der Waals surface area contributed by atoms with Crippen LogP contribution in [0.5, 0.6) is 0 Å². The summed E-state index contributed by atoms with van der Waals surface area (Å²) >= 11 is 7.76. The number of benzene rings is 1. The first-order valence-corrected chi connectivity index (χ1v) is 12.1. The standard InChI is InChI=1S/C26H23ClN2O3S/c1-16-8-9-17(27)13-21(16)22-11-10-19(32-22)15-29-26-24(20-6-2-3-7-23(20)33-26)25(30)28-14-18-5-4-12-31-18/h4-5,8-13,15H,2-3,6-7,14H2,1H3,(H,28,30)/b29-15-. The number of nitrogens with one attached hydrogen (secondary N) is 1. The van der Waals surface area contributed by atoms with Crippen LogP contribution in [0.4, 0.5) is 5.00 Å². The zero-order chi connectivity index (χ0) is 22.8. The van der Waals surface area contributed by atoms with Crippen LogP contribution in [0.1, 0.15) is 50.7 Å². The van der Waals surface area contributed by atoms with E-state index in [2.05, 4.69) is 10.3 Å². The third-order valence-electron chi connectivity index (χ3n) is 5.78. The topological polar surface area (TPSA) is 67.7 Å². The van der Waals surface area contributed by atoms with E-state index in [1.807, 2.05) is 49.4 Å².